The van der Waals surface area contributed by atoms with E-state index in [1.807, 2.05) is 0 Å². The third-order valence-corrected chi connectivity index (χ3v) is 5.42. The van der Waals surface area contributed by atoms with E-state index in [1.165, 1.54) is 69.8 Å². The summed E-state index contributed by atoms with van der Waals surface area (Å²) in [6.45, 7) is 5.27. The van der Waals surface area contributed by atoms with Gasteiger partial charge in [0, 0.05) is 0 Å². The highest BCUT2D eigenvalue weighted by molar-refractivity contribution is 5.27. The molecule has 0 amide bonds. The molecule has 0 aliphatic heterocycles. The van der Waals surface area contributed by atoms with Crippen LogP contribution in [0, 0.1) is 11.8 Å². The zero-order valence-electron chi connectivity index (χ0n) is 15.4. The van der Waals surface area contributed by atoms with E-state index in [0.29, 0.717) is 0 Å². The topological polar surface area (TPSA) is 9.23 Å². The summed E-state index contributed by atoms with van der Waals surface area (Å²) in [5, 5.41) is 0. The maximum absolute atomic E-state index is 5.66. The largest absolute Gasteiger partial charge is 0.494 e. The molecule has 1 fully saturated rings. The van der Waals surface area contributed by atoms with E-state index in [2.05, 4.69) is 38.1 Å². The molecule has 0 aromatic heterocycles. The normalized spacial score (nSPS) is 21.3. The molecule has 1 aromatic rings. The van der Waals surface area contributed by atoms with Crippen LogP contribution in [-0.2, 0) is 6.42 Å². The monoisotopic (exact) mass is 316 g/mol. The smallest absolute Gasteiger partial charge is 0.119 e. The van der Waals surface area contributed by atoms with E-state index in [0.717, 1.165) is 30.6 Å². The van der Waals surface area contributed by atoms with Crippen molar-refractivity contribution >= 4 is 0 Å². The standard InChI is InChI=1S/C22H36O/c1-3-5-6-7-19-8-10-20(11-9-19)12-13-21-14-16-22(17-15-21)23-18-4-2/h14-17,19-20H,3-13,18H2,1-2H3/t19-,20-. The summed E-state index contributed by atoms with van der Waals surface area (Å²) in [5.74, 6) is 3.02. The first-order valence-corrected chi connectivity index (χ1v) is 10.0. The molecular formula is C22H36O. The minimum atomic E-state index is 0.820. The molecule has 2 rings (SSSR count). The fourth-order valence-corrected chi connectivity index (χ4v) is 3.83. The molecule has 1 heteroatoms. The summed E-state index contributed by atoms with van der Waals surface area (Å²) in [7, 11) is 0. The molecule has 1 saturated carbocycles. The molecule has 0 heterocycles. The average molecular weight is 317 g/mol. The molecule has 130 valence electrons. The molecular weight excluding hydrogens is 280 g/mol. The van der Waals surface area contributed by atoms with Gasteiger partial charge in [-0.15, -0.1) is 0 Å². The maximum Gasteiger partial charge on any atom is 0.119 e. The van der Waals surface area contributed by atoms with Gasteiger partial charge in [0.1, 0.15) is 5.75 Å². The van der Waals surface area contributed by atoms with Crippen molar-refractivity contribution in [2.24, 2.45) is 11.8 Å². The lowest BCUT2D eigenvalue weighted by molar-refractivity contribution is 0.249. The number of aryl methyl sites for hydroxylation is 1. The summed E-state index contributed by atoms with van der Waals surface area (Å²) in [4.78, 5) is 0. The van der Waals surface area contributed by atoms with Gasteiger partial charge in [-0.2, -0.15) is 0 Å². The fraction of sp³-hybridized carbons (Fsp3) is 0.727. The molecule has 1 nitrogen and oxygen atoms in total. The van der Waals surface area contributed by atoms with Gasteiger partial charge in [0.25, 0.3) is 0 Å². The minimum absolute atomic E-state index is 0.820. The molecule has 0 spiro atoms. The summed E-state index contributed by atoms with van der Waals surface area (Å²) >= 11 is 0. The predicted molar refractivity (Wildman–Crippen MR) is 100 cm³/mol. The van der Waals surface area contributed by atoms with Gasteiger partial charge in [0.15, 0.2) is 0 Å². The van der Waals surface area contributed by atoms with Crippen LogP contribution < -0.4 is 4.74 Å². The van der Waals surface area contributed by atoms with E-state index in [1.54, 1.807) is 0 Å². The highest BCUT2D eigenvalue weighted by Crippen LogP contribution is 2.34. The second-order valence-electron chi connectivity index (χ2n) is 7.41. The minimum Gasteiger partial charge on any atom is -0.494 e. The van der Waals surface area contributed by atoms with Crippen molar-refractivity contribution in [1.82, 2.24) is 0 Å². The van der Waals surface area contributed by atoms with E-state index >= 15 is 0 Å². The van der Waals surface area contributed by atoms with Gasteiger partial charge in [-0.3, -0.25) is 0 Å². The second-order valence-corrected chi connectivity index (χ2v) is 7.41. The zero-order chi connectivity index (χ0) is 16.3. The van der Waals surface area contributed by atoms with Gasteiger partial charge in [0.05, 0.1) is 6.61 Å². The van der Waals surface area contributed by atoms with E-state index in [9.17, 15) is 0 Å². The predicted octanol–water partition coefficient (Wildman–Crippen LogP) is 6.79. The van der Waals surface area contributed by atoms with Gasteiger partial charge in [0.2, 0.25) is 0 Å². The Balaban J connectivity index is 1.63. The first-order chi connectivity index (χ1) is 11.3. The average Bonchev–Trinajstić information content (AvgIpc) is 2.60. The van der Waals surface area contributed by atoms with E-state index in [4.69, 9.17) is 4.74 Å². The van der Waals surface area contributed by atoms with Crippen LogP contribution in [0.4, 0.5) is 0 Å². The van der Waals surface area contributed by atoms with Crippen LogP contribution in [0.25, 0.3) is 0 Å². The Labute approximate surface area is 143 Å². The first kappa shape index (κ1) is 18.4. The van der Waals surface area contributed by atoms with E-state index in [-0.39, 0.29) is 0 Å². The Morgan fingerprint density at radius 2 is 1.48 bits per heavy atom. The molecule has 0 radical (unpaired) electrons. The lowest BCUT2D eigenvalue weighted by Crippen LogP contribution is -2.15. The Bertz CT molecular complexity index is 400. The number of hydrogen-bond acceptors (Lipinski definition) is 1. The van der Waals surface area contributed by atoms with Crippen molar-refractivity contribution in [2.45, 2.75) is 84.5 Å². The number of rotatable bonds is 10. The third kappa shape index (κ3) is 6.97. The van der Waals surface area contributed by atoms with Crippen LogP contribution in [0.5, 0.6) is 5.75 Å². The molecule has 23 heavy (non-hydrogen) atoms. The summed E-state index contributed by atoms with van der Waals surface area (Å²) < 4.78 is 5.66. The van der Waals surface area contributed by atoms with Crippen molar-refractivity contribution in [3.63, 3.8) is 0 Å². The lowest BCUT2D eigenvalue weighted by Gasteiger charge is -2.28. The molecule has 0 bridgehead atoms. The number of hydrogen-bond donors (Lipinski definition) is 0. The Morgan fingerprint density at radius 3 is 2.09 bits per heavy atom. The van der Waals surface area contributed by atoms with Gasteiger partial charge in [-0.05, 0) is 48.8 Å². The number of benzene rings is 1. The van der Waals surface area contributed by atoms with Crippen LogP contribution in [0.1, 0.15) is 83.6 Å². The first-order valence-electron chi connectivity index (χ1n) is 10.0. The van der Waals surface area contributed by atoms with Crippen LogP contribution in [0.15, 0.2) is 24.3 Å². The fourth-order valence-electron chi connectivity index (χ4n) is 3.83. The molecule has 1 aliphatic rings. The van der Waals surface area contributed by atoms with Gasteiger partial charge in [-0.1, -0.05) is 77.3 Å². The highest BCUT2D eigenvalue weighted by atomic mass is 16.5. The van der Waals surface area contributed by atoms with Crippen LogP contribution >= 0.6 is 0 Å². The van der Waals surface area contributed by atoms with E-state index < -0.39 is 0 Å². The summed E-state index contributed by atoms with van der Waals surface area (Å²) in [6, 6.07) is 8.77. The molecule has 0 saturated heterocycles. The van der Waals surface area contributed by atoms with Crippen LogP contribution in [-0.4, -0.2) is 6.61 Å². The van der Waals surface area contributed by atoms with Gasteiger partial charge < -0.3 is 4.74 Å². The van der Waals surface area contributed by atoms with Crippen molar-refractivity contribution in [3.05, 3.63) is 29.8 Å². The van der Waals surface area contributed by atoms with Crippen molar-refractivity contribution in [1.29, 1.82) is 0 Å². The van der Waals surface area contributed by atoms with Crippen LogP contribution in [0.2, 0.25) is 0 Å². The number of unbranched alkanes of at least 4 members (excludes halogenated alkanes) is 2. The van der Waals surface area contributed by atoms with Crippen molar-refractivity contribution in [3.8, 4) is 5.75 Å². The lowest BCUT2D eigenvalue weighted by atomic mass is 9.78. The third-order valence-electron chi connectivity index (χ3n) is 5.42. The number of ether oxygens (including phenoxy) is 1. The molecule has 1 aromatic carbocycles. The molecule has 1 aliphatic carbocycles. The van der Waals surface area contributed by atoms with Gasteiger partial charge >= 0.3 is 0 Å². The zero-order valence-corrected chi connectivity index (χ0v) is 15.4. The van der Waals surface area contributed by atoms with Crippen molar-refractivity contribution < 1.29 is 4.74 Å². The molecule has 0 unspecified atom stereocenters. The van der Waals surface area contributed by atoms with Gasteiger partial charge in [-0.25, -0.2) is 0 Å². The second kappa shape index (κ2) is 10.7. The maximum atomic E-state index is 5.66. The molecule has 0 N–H and O–H groups in total. The Kier molecular flexibility index (Phi) is 8.57. The molecule has 0 atom stereocenters. The SMILES string of the molecule is CCCCC[C@H]1CC[C@H](CCc2ccc(OCCC)cc2)CC1. The summed E-state index contributed by atoms with van der Waals surface area (Å²) in [6.07, 6.45) is 15.3. The Hall–Kier alpha value is -0.980. The quantitative estimate of drug-likeness (QED) is 0.431. The summed E-state index contributed by atoms with van der Waals surface area (Å²) in [5.41, 5.74) is 1.47. The van der Waals surface area contributed by atoms with Crippen molar-refractivity contribution in [2.75, 3.05) is 6.61 Å². The van der Waals surface area contributed by atoms with Crippen LogP contribution in [0.3, 0.4) is 0 Å². The highest BCUT2D eigenvalue weighted by Gasteiger charge is 2.20. The Morgan fingerprint density at radius 1 is 0.826 bits per heavy atom.